The molecule has 1 aromatic carbocycles. The first kappa shape index (κ1) is 13.8. The molecule has 0 aromatic heterocycles. The van der Waals surface area contributed by atoms with E-state index in [-0.39, 0.29) is 5.57 Å². The molecular formula is C14H18F2O. The molecule has 3 heteroatoms. The van der Waals surface area contributed by atoms with Crippen LogP contribution in [0.25, 0.3) is 0 Å². The molecule has 0 aliphatic rings. The average Bonchev–Trinajstić information content (AvgIpc) is 2.35. The van der Waals surface area contributed by atoms with Crippen LogP contribution in [0.5, 0.6) is 0 Å². The summed E-state index contributed by atoms with van der Waals surface area (Å²) in [6.07, 6.45) is -1.21. The van der Waals surface area contributed by atoms with Crippen molar-refractivity contribution in [3.63, 3.8) is 0 Å². The molecule has 0 heterocycles. The number of aryl methyl sites for hydroxylation is 1. The summed E-state index contributed by atoms with van der Waals surface area (Å²) in [6.45, 7) is 3.00. The molecule has 0 aliphatic heterocycles. The molecule has 94 valence electrons. The Labute approximate surface area is 101 Å². The zero-order valence-electron chi connectivity index (χ0n) is 10.2. The monoisotopic (exact) mass is 240 g/mol. The van der Waals surface area contributed by atoms with Crippen molar-refractivity contribution in [1.82, 2.24) is 0 Å². The fourth-order valence-electron chi connectivity index (χ4n) is 1.67. The van der Waals surface area contributed by atoms with Crippen molar-refractivity contribution in [2.75, 3.05) is 0 Å². The van der Waals surface area contributed by atoms with E-state index in [2.05, 4.69) is 0 Å². The van der Waals surface area contributed by atoms with E-state index in [1.165, 1.54) is 6.92 Å². The second kappa shape index (κ2) is 6.50. The van der Waals surface area contributed by atoms with Gasteiger partial charge in [0.05, 0.1) is 6.10 Å². The normalized spacial score (nSPS) is 14.2. The van der Waals surface area contributed by atoms with Gasteiger partial charge < -0.3 is 5.11 Å². The highest BCUT2D eigenvalue weighted by Gasteiger charge is 2.18. The summed E-state index contributed by atoms with van der Waals surface area (Å²) in [5, 5.41) is 9.83. The molecule has 1 N–H and O–H groups in total. The lowest BCUT2D eigenvalue weighted by Crippen LogP contribution is -2.19. The second-order valence-electron chi connectivity index (χ2n) is 4.32. The SMILES string of the molecule is CC(=C(F)F)[C@@H](C)[C@H](O)CCc1ccccc1. The molecule has 1 nitrogen and oxygen atoms in total. The molecule has 1 aromatic rings. The van der Waals surface area contributed by atoms with Gasteiger partial charge in [-0.25, -0.2) is 0 Å². The van der Waals surface area contributed by atoms with Crippen LogP contribution in [0.15, 0.2) is 42.0 Å². The largest absolute Gasteiger partial charge is 0.393 e. The zero-order valence-corrected chi connectivity index (χ0v) is 10.2. The Morgan fingerprint density at radius 2 is 1.82 bits per heavy atom. The van der Waals surface area contributed by atoms with Crippen molar-refractivity contribution in [3.8, 4) is 0 Å². The third kappa shape index (κ3) is 4.27. The lowest BCUT2D eigenvalue weighted by Gasteiger charge is -2.18. The summed E-state index contributed by atoms with van der Waals surface area (Å²) in [6, 6.07) is 9.72. The van der Waals surface area contributed by atoms with Gasteiger partial charge in [-0.2, -0.15) is 8.78 Å². The molecule has 17 heavy (non-hydrogen) atoms. The van der Waals surface area contributed by atoms with Gasteiger partial charge in [0.25, 0.3) is 6.08 Å². The minimum absolute atomic E-state index is 0.0226. The van der Waals surface area contributed by atoms with Gasteiger partial charge in [-0.1, -0.05) is 37.3 Å². The van der Waals surface area contributed by atoms with Crippen LogP contribution in [0.3, 0.4) is 0 Å². The van der Waals surface area contributed by atoms with Gasteiger partial charge in [-0.3, -0.25) is 0 Å². The highest BCUT2D eigenvalue weighted by atomic mass is 19.3. The maximum atomic E-state index is 12.4. The number of hydrogen-bond acceptors (Lipinski definition) is 1. The van der Waals surface area contributed by atoms with Crippen LogP contribution in [-0.2, 0) is 6.42 Å². The van der Waals surface area contributed by atoms with E-state index < -0.39 is 18.1 Å². The van der Waals surface area contributed by atoms with Gasteiger partial charge in [-0.05, 0) is 30.9 Å². The number of aliphatic hydroxyl groups is 1. The van der Waals surface area contributed by atoms with E-state index in [0.717, 1.165) is 5.56 Å². The summed E-state index contributed by atoms with van der Waals surface area (Å²) < 4.78 is 24.7. The summed E-state index contributed by atoms with van der Waals surface area (Å²) in [5.41, 5.74) is 1.09. The molecule has 0 radical (unpaired) electrons. The third-order valence-electron chi connectivity index (χ3n) is 3.13. The Bertz CT molecular complexity index is 369. The summed E-state index contributed by atoms with van der Waals surface area (Å²) in [7, 11) is 0. The molecule has 0 amide bonds. The topological polar surface area (TPSA) is 20.2 Å². The number of rotatable bonds is 5. The van der Waals surface area contributed by atoms with Crippen LogP contribution in [-0.4, -0.2) is 11.2 Å². The number of hydrogen-bond donors (Lipinski definition) is 1. The van der Waals surface area contributed by atoms with E-state index in [1.807, 2.05) is 30.3 Å². The Kier molecular flexibility index (Phi) is 5.29. The third-order valence-corrected chi connectivity index (χ3v) is 3.13. The van der Waals surface area contributed by atoms with Crippen LogP contribution < -0.4 is 0 Å². The van der Waals surface area contributed by atoms with E-state index >= 15 is 0 Å². The first-order chi connectivity index (χ1) is 8.02. The van der Waals surface area contributed by atoms with Crippen LogP contribution in [0, 0.1) is 5.92 Å². The highest BCUT2D eigenvalue weighted by Crippen LogP contribution is 2.22. The van der Waals surface area contributed by atoms with Gasteiger partial charge in [0.1, 0.15) is 0 Å². The molecular weight excluding hydrogens is 222 g/mol. The first-order valence-corrected chi connectivity index (χ1v) is 5.76. The fourth-order valence-corrected chi connectivity index (χ4v) is 1.67. The average molecular weight is 240 g/mol. The molecule has 0 aliphatic carbocycles. The molecule has 0 spiro atoms. The van der Waals surface area contributed by atoms with E-state index in [9.17, 15) is 13.9 Å². The maximum absolute atomic E-state index is 12.4. The van der Waals surface area contributed by atoms with Crippen molar-refractivity contribution < 1.29 is 13.9 Å². The Morgan fingerprint density at radius 1 is 1.24 bits per heavy atom. The van der Waals surface area contributed by atoms with Crippen LogP contribution in [0.1, 0.15) is 25.8 Å². The minimum atomic E-state index is -1.68. The van der Waals surface area contributed by atoms with Gasteiger partial charge in [-0.15, -0.1) is 0 Å². The molecule has 1 rings (SSSR count). The summed E-state index contributed by atoms with van der Waals surface area (Å²) >= 11 is 0. The van der Waals surface area contributed by atoms with Gasteiger partial charge >= 0.3 is 0 Å². The molecule has 0 fully saturated rings. The highest BCUT2D eigenvalue weighted by molar-refractivity contribution is 5.15. The molecule has 0 bridgehead atoms. The molecule has 0 saturated heterocycles. The smallest absolute Gasteiger partial charge is 0.269 e. The van der Waals surface area contributed by atoms with Gasteiger partial charge in [0, 0.05) is 5.92 Å². The van der Waals surface area contributed by atoms with Crippen LogP contribution >= 0.6 is 0 Å². The van der Waals surface area contributed by atoms with Crippen molar-refractivity contribution in [2.45, 2.75) is 32.8 Å². The van der Waals surface area contributed by atoms with E-state index in [4.69, 9.17) is 0 Å². The number of benzene rings is 1. The van der Waals surface area contributed by atoms with Crippen molar-refractivity contribution in [1.29, 1.82) is 0 Å². The first-order valence-electron chi connectivity index (χ1n) is 5.76. The van der Waals surface area contributed by atoms with Crippen LogP contribution in [0.4, 0.5) is 8.78 Å². The minimum Gasteiger partial charge on any atom is -0.393 e. The fraction of sp³-hybridized carbons (Fsp3) is 0.429. The standard InChI is InChI=1S/C14H18F2O/c1-10(11(2)14(15)16)13(17)9-8-12-6-4-3-5-7-12/h3-7,10,13,17H,8-9H2,1-2H3/t10-,13-/m1/s1. The summed E-state index contributed by atoms with van der Waals surface area (Å²) in [5.74, 6) is -0.497. The quantitative estimate of drug-likeness (QED) is 0.830. The Hall–Kier alpha value is -1.22. The van der Waals surface area contributed by atoms with Crippen molar-refractivity contribution in [2.24, 2.45) is 5.92 Å². The van der Waals surface area contributed by atoms with Crippen molar-refractivity contribution >= 4 is 0 Å². The Balaban J connectivity index is 2.50. The van der Waals surface area contributed by atoms with Gasteiger partial charge in [0.15, 0.2) is 0 Å². The Morgan fingerprint density at radius 3 is 2.35 bits per heavy atom. The lowest BCUT2D eigenvalue weighted by molar-refractivity contribution is 0.120. The van der Waals surface area contributed by atoms with E-state index in [1.54, 1.807) is 6.92 Å². The van der Waals surface area contributed by atoms with Crippen LogP contribution in [0.2, 0.25) is 0 Å². The number of halogens is 2. The lowest BCUT2D eigenvalue weighted by atomic mass is 9.93. The number of aliphatic hydroxyl groups excluding tert-OH is 1. The van der Waals surface area contributed by atoms with Gasteiger partial charge in [0.2, 0.25) is 0 Å². The zero-order chi connectivity index (χ0) is 12.8. The molecule has 2 atom stereocenters. The predicted octanol–water partition coefficient (Wildman–Crippen LogP) is 3.79. The van der Waals surface area contributed by atoms with E-state index in [0.29, 0.717) is 12.8 Å². The molecule has 0 saturated carbocycles. The molecule has 0 unspecified atom stereocenters. The summed E-state index contributed by atoms with van der Waals surface area (Å²) in [4.78, 5) is 0. The predicted molar refractivity (Wildman–Crippen MR) is 64.8 cm³/mol. The second-order valence-corrected chi connectivity index (χ2v) is 4.32. The maximum Gasteiger partial charge on any atom is 0.269 e. The van der Waals surface area contributed by atoms with Crippen molar-refractivity contribution in [3.05, 3.63) is 47.5 Å².